The SMILES string of the molecule is CN1CC2(CCN(Cc3cnn(C)c3)CC2)CC1c1noc(C2CCC2)n1. The van der Waals surface area contributed by atoms with Gasteiger partial charge in [0.25, 0.3) is 0 Å². The summed E-state index contributed by atoms with van der Waals surface area (Å²) in [5, 5.41) is 8.65. The number of nitrogens with zero attached hydrogens (tertiary/aromatic N) is 6. The van der Waals surface area contributed by atoms with Crippen LogP contribution in [0.25, 0.3) is 0 Å². The van der Waals surface area contributed by atoms with Gasteiger partial charge in [0.15, 0.2) is 5.82 Å². The van der Waals surface area contributed by atoms with E-state index >= 15 is 0 Å². The van der Waals surface area contributed by atoms with Gasteiger partial charge < -0.3 is 4.52 Å². The van der Waals surface area contributed by atoms with Gasteiger partial charge >= 0.3 is 0 Å². The fourth-order valence-corrected chi connectivity index (χ4v) is 5.12. The molecule has 2 aromatic heterocycles. The highest BCUT2D eigenvalue weighted by molar-refractivity contribution is 5.08. The predicted molar refractivity (Wildman–Crippen MR) is 101 cm³/mol. The van der Waals surface area contributed by atoms with Crippen LogP contribution in [0.4, 0.5) is 0 Å². The molecule has 5 rings (SSSR count). The van der Waals surface area contributed by atoms with Crippen molar-refractivity contribution in [3.8, 4) is 0 Å². The number of piperidine rings is 1. The molecule has 146 valence electrons. The van der Waals surface area contributed by atoms with Gasteiger partial charge in [-0.25, -0.2) is 0 Å². The summed E-state index contributed by atoms with van der Waals surface area (Å²) >= 11 is 0. The van der Waals surface area contributed by atoms with Gasteiger partial charge in [-0.15, -0.1) is 0 Å². The molecule has 1 saturated carbocycles. The second-order valence-electron chi connectivity index (χ2n) is 9.05. The minimum atomic E-state index is 0.312. The van der Waals surface area contributed by atoms with Crippen LogP contribution >= 0.6 is 0 Å². The second-order valence-corrected chi connectivity index (χ2v) is 9.05. The number of hydrogen-bond acceptors (Lipinski definition) is 6. The molecule has 1 atom stereocenters. The highest BCUT2D eigenvalue weighted by Gasteiger charge is 2.46. The number of aryl methyl sites for hydroxylation is 1. The largest absolute Gasteiger partial charge is 0.339 e. The Morgan fingerprint density at radius 2 is 2.04 bits per heavy atom. The molecule has 7 nitrogen and oxygen atoms in total. The molecule has 0 radical (unpaired) electrons. The first-order valence-corrected chi connectivity index (χ1v) is 10.3. The van der Waals surface area contributed by atoms with Crippen molar-refractivity contribution in [1.29, 1.82) is 0 Å². The zero-order chi connectivity index (χ0) is 18.4. The van der Waals surface area contributed by atoms with Gasteiger partial charge in [-0.2, -0.15) is 10.1 Å². The van der Waals surface area contributed by atoms with Crippen LogP contribution in [0.1, 0.15) is 67.8 Å². The Morgan fingerprint density at radius 1 is 1.22 bits per heavy atom. The van der Waals surface area contributed by atoms with E-state index in [9.17, 15) is 0 Å². The van der Waals surface area contributed by atoms with Crippen LogP contribution in [-0.2, 0) is 13.6 Å². The molecular weight excluding hydrogens is 340 g/mol. The Kier molecular flexibility index (Phi) is 4.31. The van der Waals surface area contributed by atoms with Crippen molar-refractivity contribution in [2.75, 3.05) is 26.7 Å². The second kappa shape index (κ2) is 6.71. The van der Waals surface area contributed by atoms with Crippen LogP contribution in [0.2, 0.25) is 0 Å². The molecule has 7 heteroatoms. The molecule has 1 aliphatic carbocycles. The molecule has 4 heterocycles. The number of rotatable bonds is 4. The van der Waals surface area contributed by atoms with Crippen molar-refractivity contribution < 1.29 is 4.52 Å². The van der Waals surface area contributed by atoms with Crippen LogP contribution in [-0.4, -0.2) is 56.4 Å². The summed E-state index contributed by atoms with van der Waals surface area (Å²) in [6.45, 7) is 4.48. The molecule has 2 aliphatic heterocycles. The van der Waals surface area contributed by atoms with Crippen LogP contribution in [0.5, 0.6) is 0 Å². The zero-order valence-electron chi connectivity index (χ0n) is 16.5. The van der Waals surface area contributed by atoms with Crippen molar-refractivity contribution in [2.45, 2.75) is 57.0 Å². The smallest absolute Gasteiger partial charge is 0.229 e. The Morgan fingerprint density at radius 3 is 2.70 bits per heavy atom. The summed E-state index contributed by atoms with van der Waals surface area (Å²) < 4.78 is 7.48. The average Bonchev–Trinajstić information content (AvgIpc) is 3.29. The lowest BCUT2D eigenvalue weighted by atomic mass is 9.76. The normalized spacial score (nSPS) is 26.7. The van der Waals surface area contributed by atoms with E-state index in [1.807, 2.05) is 17.9 Å². The Bertz CT molecular complexity index is 786. The third kappa shape index (κ3) is 3.31. The summed E-state index contributed by atoms with van der Waals surface area (Å²) in [5.74, 6) is 2.30. The van der Waals surface area contributed by atoms with Crippen LogP contribution in [0, 0.1) is 5.41 Å². The van der Waals surface area contributed by atoms with Gasteiger partial charge in [0.2, 0.25) is 5.89 Å². The van der Waals surface area contributed by atoms with E-state index in [0.29, 0.717) is 17.4 Å². The molecule has 0 N–H and O–H groups in total. The lowest BCUT2D eigenvalue weighted by Gasteiger charge is -2.39. The van der Waals surface area contributed by atoms with E-state index in [-0.39, 0.29) is 0 Å². The van der Waals surface area contributed by atoms with E-state index in [4.69, 9.17) is 9.51 Å². The maximum atomic E-state index is 5.59. The molecule has 3 aliphatic rings. The highest BCUT2D eigenvalue weighted by atomic mass is 16.5. The quantitative estimate of drug-likeness (QED) is 0.825. The van der Waals surface area contributed by atoms with E-state index < -0.39 is 0 Å². The average molecular weight is 371 g/mol. The third-order valence-electron chi connectivity index (χ3n) is 7.03. The first-order valence-electron chi connectivity index (χ1n) is 10.3. The van der Waals surface area contributed by atoms with Gasteiger partial charge in [0.1, 0.15) is 0 Å². The minimum absolute atomic E-state index is 0.312. The maximum absolute atomic E-state index is 5.59. The summed E-state index contributed by atoms with van der Waals surface area (Å²) in [6, 6.07) is 0.312. The van der Waals surface area contributed by atoms with Crippen molar-refractivity contribution in [2.24, 2.45) is 12.5 Å². The maximum Gasteiger partial charge on any atom is 0.229 e. The summed E-state index contributed by atoms with van der Waals surface area (Å²) in [7, 11) is 4.21. The standard InChI is InChI=1S/C20H30N6O/c1-24-14-20(6-8-26(9-7-20)13-15-11-21-25(2)12-15)10-17(24)18-22-19(27-23-18)16-4-3-5-16/h11-12,16-17H,3-10,13-14H2,1-2H3. The number of hydrogen-bond donors (Lipinski definition) is 0. The van der Waals surface area contributed by atoms with E-state index in [0.717, 1.165) is 44.3 Å². The molecule has 1 unspecified atom stereocenters. The fourth-order valence-electron chi connectivity index (χ4n) is 5.12. The number of aromatic nitrogens is 4. The lowest BCUT2D eigenvalue weighted by molar-refractivity contribution is 0.105. The summed E-state index contributed by atoms with van der Waals surface area (Å²) in [6.07, 6.45) is 11.5. The van der Waals surface area contributed by atoms with Gasteiger partial charge in [-0.05, 0) is 57.7 Å². The lowest BCUT2D eigenvalue weighted by Crippen LogP contribution is -2.40. The molecule has 1 spiro atoms. The Balaban J connectivity index is 1.21. The van der Waals surface area contributed by atoms with Crippen LogP contribution < -0.4 is 0 Å². The molecule has 27 heavy (non-hydrogen) atoms. The van der Waals surface area contributed by atoms with Crippen LogP contribution in [0.3, 0.4) is 0 Å². The van der Waals surface area contributed by atoms with E-state index in [1.165, 1.54) is 37.7 Å². The van der Waals surface area contributed by atoms with Crippen molar-refractivity contribution in [3.63, 3.8) is 0 Å². The van der Waals surface area contributed by atoms with E-state index in [2.05, 4.69) is 33.3 Å². The highest BCUT2D eigenvalue weighted by Crippen LogP contribution is 2.48. The Labute approximate surface area is 160 Å². The minimum Gasteiger partial charge on any atom is -0.339 e. The first kappa shape index (κ1) is 17.4. The molecule has 0 amide bonds. The van der Waals surface area contributed by atoms with Crippen molar-refractivity contribution in [3.05, 3.63) is 29.7 Å². The zero-order valence-corrected chi connectivity index (χ0v) is 16.5. The predicted octanol–water partition coefficient (Wildman–Crippen LogP) is 2.73. The fraction of sp³-hybridized carbons (Fsp3) is 0.750. The van der Waals surface area contributed by atoms with Crippen molar-refractivity contribution in [1.82, 2.24) is 29.7 Å². The van der Waals surface area contributed by atoms with Crippen molar-refractivity contribution >= 4 is 0 Å². The molecule has 3 fully saturated rings. The molecule has 2 saturated heterocycles. The third-order valence-corrected chi connectivity index (χ3v) is 7.03. The molecular formula is C20H30N6O. The topological polar surface area (TPSA) is 63.2 Å². The molecule has 0 aromatic carbocycles. The monoisotopic (exact) mass is 370 g/mol. The molecule has 0 bridgehead atoms. The van der Waals surface area contributed by atoms with Gasteiger partial charge in [-0.1, -0.05) is 11.6 Å². The summed E-state index contributed by atoms with van der Waals surface area (Å²) in [4.78, 5) is 9.80. The van der Waals surface area contributed by atoms with Crippen LogP contribution in [0.15, 0.2) is 16.9 Å². The molecule has 2 aromatic rings. The van der Waals surface area contributed by atoms with Gasteiger partial charge in [-0.3, -0.25) is 14.5 Å². The van der Waals surface area contributed by atoms with Gasteiger partial charge in [0, 0.05) is 37.8 Å². The van der Waals surface area contributed by atoms with Gasteiger partial charge in [0.05, 0.1) is 12.2 Å². The van der Waals surface area contributed by atoms with E-state index in [1.54, 1.807) is 0 Å². The first-order chi connectivity index (χ1) is 13.1. The Hall–Kier alpha value is -1.73. The summed E-state index contributed by atoms with van der Waals surface area (Å²) in [5.41, 5.74) is 1.72. The number of likely N-dealkylation sites (tertiary alicyclic amines) is 2.